The molecule has 0 bridgehead atoms. The van der Waals surface area contributed by atoms with Gasteiger partial charge in [0.2, 0.25) is 5.95 Å². The van der Waals surface area contributed by atoms with Crippen LogP contribution in [0.4, 0.5) is 16.0 Å². The second kappa shape index (κ2) is 6.85. The highest BCUT2D eigenvalue weighted by molar-refractivity contribution is 14.1. The molecule has 0 atom stereocenters. The van der Waals surface area contributed by atoms with Crippen molar-refractivity contribution in [1.29, 1.82) is 0 Å². The molecule has 6 heteroatoms. The maximum Gasteiger partial charge on any atom is 0.207 e. The average molecular weight is 375 g/mol. The second-order valence-corrected chi connectivity index (χ2v) is 5.20. The molecule has 0 amide bonds. The zero-order chi connectivity index (χ0) is 13.7. The maximum atomic E-state index is 13.0. The Hall–Kier alpha value is -1.15. The van der Waals surface area contributed by atoms with Gasteiger partial charge in [0, 0.05) is 36.2 Å². The minimum absolute atomic E-state index is 0.238. The number of aromatic nitrogens is 2. The Morgan fingerprint density at radius 3 is 3.05 bits per heavy atom. The van der Waals surface area contributed by atoms with Crippen LogP contribution in [0.2, 0.25) is 0 Å². The number of nitrogens with one attached hydrogen (secondary N) is 1. The van der Waals surface area contributed by atoms with E-state index in [-0.39, 0.29) is 5.82 Å². The largest absolute Gasteiger partial charge is 0.385 e. The Bertz CT molecular complexity index is 544. The Labute approximate surface area is 125 Å². The van der Waals surface area contributed by atoms with Crippen LogP contribution in [0.5, 0.6) is 0 Å². The predicted molar refractivity (Wildman–Crippen MR) is 81.1 cm³/mol. The van der Waals surface area contributed by atoms with Gasteiger partial charge in [-0.05, 0) is 47.2 Å². The van der Waals surface area contributed by atoms with Crippen LogP contribution in [0, 0.1) is 9.39 Å². The highest BCUT2D eigenvalue weighted by Gasteiger charge is 2.06. The summed E-state index contributed by atoms with van der Waals surface area (Å²) in [5.41, 5.74) is 0.848. The number of halogens is 2. The molecule has 2 rings (SSSR count). The lowest BCUT2D eigenvalue weighted by Gasteiger charge is -2.11. The third-order valence-corrected chi connectivity index (χ3v) is 3.53. The van der Waals surface area contributed by atoms with Gasteiger partial charge in [0.1, 0.15) is 5.82 Å². The van der Waals surface area contributed by atoms with Crippen LogP contribution in [0.1, 0.15) is 6.42 Å². The van der Waals surface area contributed by atoms with Crippen LogP contribution in [0.3, 0.4) is 0 Å². The summed E-state index contributed by atoms with van der Waals surface area (Å²) >= 11 is 2.10. The molecule has 0 saturated heterocycles. The first-order valence-electron chi connectivity index (χ1n) is 5.93. The average Bonchev–Trinajstić information content (AvgIpc) is 2.81. The quantitative estimate of drug-likeness (QED) is 0.622. The first kappa shape index (κ1) is 14.3. The van der Waals surface area contributed by atoms with Crippen molar-refractivity contribution < 1.29 is 9.13 Å². The van der Waals surface area contributed by atoms with Gasteiger partial charge in [-0.25, -0.2) is 9.37 Å². The number of hydrogen-bond acceptors (Lipinski definition) is 3. The van der Waals surface area contributed by atoms with Gasteiger partial charge in [-0.3, -0.25) is 0 Å². The fraction of sp³-hybridized carbons (Fsp3) is 0.308. The number of imidazole rings is 1. The van der Waals surface area contributed by atoms with Crippen molar-refractivity contribution in [2.24, 2.45) is 0 Å². The molecule has 0 radical (unpaired) electrons. The van der Waals surface area contributed by atoms with Gasteiger partial charge in [0.05, 0.1) is 5.69 Å². The number of hydrogen-bond donors (Lipinski definition) is 1. The fourth-order valence-corrected chi connectivity index (χ4v) is 2.32. The van der Waals surface area contributed by atoms with Crippen LogP contribution in [0.25, 0.3) is 0 Å². The molecule has 1 aromatic heterocycles. The van der Waals surface area contributed by atoms with E-state index < -0.39 is 0 Å². The van der Waals surface area contributed by atoms with Crippen molar-refractivity contribution in [2.45, 2.75) is 13.0 Å². The Balaban J connectivity index is 2.08. The number of benzene rings is 1. The van der Waals surface area contributed by atoms with Crippen molar-refractivity contribution >= 4 is 34.2 Å². The van der Waals surface area contributed by atoms with E-state index >= 15 is 0 Å². The Morgan fingerprint density at radius 2 is 2.32 bits per heavy atom. The molecular weight excluding hydrogens is 360 g/mol. The SMILES string of the molecule is COCCCn1ccnc1Nc1ccc(F)cc1I. The summed E-state index contributed by atoms with van der Waals surface area (Å²) in [5, 5.41) is 3.21. The van der Waals surface area contributed by atoms with E-state index in [4.69, 9.17) is 4.74 Å². The first-order valence-corrected chi connectivity index (χ1v) is 7.00. The van der Waals surface area contributed by atoms with Crippen LogP contribution in [0.15, 0.2) is 30.6 Å². The molecule has 1 heterocycles. The molecule has 0 aliphatic heterocycles. The number of ether oxygens (including phenoxy) is 1. The number of nitrogens with zero attached hydrogens (tertiary/aromatic N) is 2. The second-order valence-electron chi connectivity index (χ2n) is 4.04. The molecule has 19 heavy (non-hydrogen) atoms. The predicted octanol–water partition coefficient (Wildman–Crippen LogP) is 3.41. The highest BCUT2D eigenvalue weighted by atomic mass is 127. The summed E-state index contributed by atoms with van der Waals surface area (Å²) < 4.78 is 20.9. The molecule has 0 aliphatic carbocycles. The summed E-state index contributed by atoms with van der Waals surface area (Å²) in [5.74, 6) is 0.513. The first-order chi connectivity index (χ1) is 9.20. The molecule has 0 saturated carbocycles. The lowest BCUT2D eigenvalue weighted by molar-refractivity contribution is 0.190. The number of rotatable bonds is 6. The van der Waals surface area contributed by atoms with Crippen molar-refractivity contribution in [2.75, 3.05) is 19.0 Å². The van der Waals surface area contributed by atoms with Crippen molar-refractivity contribution in [3.05, 3.63) is 40.0 Å². The standard InChI is InChI=1S/C13H15FIN3O/c1-19-8-2-6-18-7-5-16-13(18)17-12-4-3-10(14)9-11(12)15/h3-5,7,9H,2,6,8H2,1H3,(H,16,17). The van der Waals surface area contributed by atoms with Crippen molar-refractivity contribution in [1.82, 2.24) is 9.55 Å². The summed E-state index contributed by atoms with van der Waals surface area (Å²) in [7, 11) is 1.69. The summed E-state index contributed by atoms with van der Waals surface area (Å²) in [6.07, 6.45) is 4.57. The van der Waals surface area contributed by atoms with E-state index in [0.717, 1.165) is 28.2 Å². The number of aryl methyl sites for hydroxylation is 1. The van der Waals surface area contributed by atoms with Crippen LogP contribution < -0.4 is 5.32 Å². The van der Waals surface area contributed by atoms with Gasteiger partial charge in [0.15, 0.2) is 0 Å². The lowest BCUT2D eigenvalue weighted by Crippen LogP contribution is -2.06. The lowest BCUT2D eigenvalue weighted by atomic mass is 10.3. The van der Waals surface area contributed by atoms with Gasteiger partial charge in [-0.2, -0.15) is 0 Å². The van der Waals surface area contributed by atoms with Gasteiger partial charge in [0.25, 0.3) is 0 Å². The molecule has 4 nitrogen and oxygen atoms in total. The molecule has 0 aliphatic rings. The van der Waals surface area contributed by atoms with Crippen LogP contribution >= 0.6 is 22.6 Å². The van der Waals surface area contributed by atoms with E-state index in [1.807, 2.05) is 10.8 Å². The Morgan fingerprint density at radius 1 is 1.47 bits per heavy atom. The van der Waals surface area contributed by atoms with Gasteiger partial charge in [-0.1, -0.05) is 0 Å². The summed E-state index contributed by atoms with van der Waals surface area (Å²) in [6, 6.07) is 4.63. The fourth-order valence-electron chi connectivity index (χ4n) is 1.70. The van der Waals surface area contributed by atoms with Crippen LogP contribution in [-0.2, 0) is 11.3 Å². The third-order valence-electron chi connectivity index (χ3n) is 2.64. The van der Waals surface area contributed by atoms with E-state index in [9.17, 15) is 4.39 Å². The van der Waals surface area contributed by atoms with Crippen molar-refractivity contribution in [3.63, 3.8) is 0 Å². The van der Waals surface area contributed by atoms with E-state index in [1.54, 1.807) is 19.4 Å². The zero-order valence-electron chi connectivity index (χ0n) is 10.6. The van der Waals surface area contributed by atoms with Gasteiger partial charge < -0.3 is 14.6 Å². The smallest absolute Gasteiger partial charge is 0.207 e. The molecular formula is C13H15FIN3O. The molecule has 2 aromatic rings. The van der Waals surface area contributed by atoms with Gasteiger partial charge >= 0.3 is 0 Å². The van der Waals surface area contributed by atoms with E-state index in [0.29, 0.717) is 6.61 Å². The van der Waals surface area contributed by atoms with Crippen molar-refractivity contribution in [3.8, 4) is 0 Å². The maximum absolute atomic E-state index is 13.0. The summed E-state index contributed by atoms with van der Waals surface area (Å²) in [4.78, 5) is 4.27. The van der Waals surface area contributed by atoms with E-state index in [2.05, 4.69) is 32.9 Å². The minimum Gasteiger partial charge on any atom is -0.385 e. The highest BCUT2D eigenvalue weighted by Crippen LogP contribution is 2.22. The number of methoxy groups -OCH3 is 1. The molecule has 0 unspecified atom stereocenters. The molecule has 0 spiro atoms. The molecule has 102 valence electrons. The normalized spacial score (nSPS) is 10.7. The third kappa shape index (κ3) is 3.90. The monoisotopic (exact) mass is 375 g/mol. The molecule has 1 aromatic carbocycles. The van der Waals surface area contributed by atoms with Gasteiger partial charge in [-0.15, -0.1) is 0 Å². The minimum atomic E-state index is -0.238. The zero-order valence-corrected chi connectivity index (χ0v) is 12.7. The van der Waals surface area contributed by atoms with Crippen LogP contribution in [-0.4, -0.2) is 23.3 Å². The molecule has 1 N–H and O–H groups in total. The number of anilines is 2. The molecule has 0 fully saturated rings. The Kier molecular flexibility index (Phi) is 5.15. The van der Waals surface area contributed by atoms with E-state index in [1.165, 1.54) is 12.1 Å². The summed E-state index contributed by atoms with van der Waals surface area (Å²) in [6.45, 7) is 1.54. The topological polar surface area (TPSA) is 39.1 Å².